The number of hydrogen-bond acceptors (Lipinski definition) is 4. The fourth-order valence-electron chi connectivity index (χ4n) is 2.61. The van der Waals surface area contributed by atoms with Crippen LogP contribution in [0, 0.1) is 0 Å². The Balaban J connectivity index is 1.66. The van der Waals surface area contributed by atoms with Crippen LogP contribution in [0.15, 0.2) is 35.9 Å². The summed E-state index contributed by atoms with van der Waals surface area (Å²) in [5.74, 6) is 0.420. The number of carbonyl (C=O) groups is 2. The van der Waals surface area contributed by atoms with Crippen molar-refractivity contribution in [1.82, 2.24) is 16.0 Å². The van der Waals surface area contributed by atoms with Gasteiger partial charge < -0.3 is 20.7 Å². The SMILES string of the molecule is CCOc1ccccc1C(=O)NCCCC(=O)NCC1=CCNCC1. The van der Waals surface area contributed by atoms with Crippen molar-refractivity contribution in [3.8, 4) is 5.75 Å². The van der Waals surface area contributed by atoms with Crippen LogP contribution in [0.1, 0.15) is 36.5 Å². The highest BCUT2D eigenvalue weighted by Crippen LogP contribution is 2.17. The van der Waals surface area contributed by atoms with Crippen LogP contribution in [0.5, 0.6) is 5.75 Å². The van der Waals surface area contributed by atoms with E-state index in [2.05, 4.69) is 22.0 Å². The van der Waals surface area contributed by atoms with E-state index < -0.39 is 0 Å². The van der Waals surface area contributed by atoms with E-state index in [1.54, 1.807) is 18.2 Å². The Labute approximate surface area is 149 Å². The maximum Gasteiger partial charge on any atom is 0.255 e. The molecule has 1 aromatic rings. The summed E-state index contributed by atoms with van der Waals surface area (Å²) in [6, 6.07) is 7.16. The number of carbonyl (C=O) groups excluding carboxylic acids is 2. The number of nitrogens with one attached hydrogen (secondary N) is 3. The molecule has 1 aliphatic heterocycles. The molecule has 0 aliphatic carbocycles. The maximum atomic E-state index is 12.2. The summed E-state index contributed by atoms with van der Waals surface area (Å²) in [5, 5.41) is 9.01. The molecule has 1 heterocycles. The summed E-state index contributed by atoms with van der Waals surface area (Å²) in [6.07, 6.45) is 4.11. The number of rotatable bonds is 9. The molecule has 6 heteroatoms. The molecule has 0 saturated heterocycles. The van der Waals surface area contributed by atoms with Gasteiger partial charge in [-0.05, 0) is 38.4 Å². The Kier molecular flexibility index (Phi) is 7.98. The van der Waals surface area contributed by atoms with Crippen molar-refractivity contribution < 1.29 is 14.3 Å². The van der Waals surface area contributed by atoms with Gasteiger partial charge in [-0.3, -0.25) is 9.59 Å². The minimum Gasteiger partial charge on any atom is -0.493 e. The van der Waals surface area contributed by atoms with E-state index in [1.165, 1.54) is 5.57 Å². The van der Waals surface area contributed by atoms with Crippen LogP contribution in [-0.4, -0.2) is 44.6 Å². The van der Waals surface area contributed by atoms with Crippen molar-refractivity contribution >= 4 is 11.8 Å². The third-order valence-electron chi connectivity index (χ3n) is 3.97. The quantitative estimate of drug-likeness (QED) is 0.469. The zero-order valence-electron chi connectivity index (χ0n) is 14.8. The molecule has 25 heavy (non-hydrogen) atoms. The summed E-state index contributed by atoms with van der Waals surface area (Å²) in [4.78, 5) is 24.1. The number of ether oxygens (including phenoxy) is 1. The Morgan fingerprint density at radius 3 is 2.84 bits per heavy atom. The third kappa shape index (κ3) is 6.58. The second kappa shape index (κ2) is 10.5. The van der Waals surface area contributed by atoms with Crippen LogP contribution in [0.3, 0.4) is 0 Å². The van der Waals surface area contributed by atoms with Gasteiger partial charge in [-0.1, -0.05) is 23.8 Å². The predicted octanol–water partition coefficient (Wildman–Crippen LogP) is 1.63. The number of para-hydroxylation sites is 1. The van der Waals surface area contributed by atoms with E-state index in [4.69, 9.17) is 4.74 Å². The summed E-state index contributed by atoms with van der Waals surface area (Å²) in [7, 11) is 0. The average Bonchev–Trinajstić information content (AvgIpc) is 2.65. The molecule has 6 nitrogen and oxygen atoms in total. The zero-order chi connectivity index (χ0) is 17.9. The molecule has 1 aromatic carbocycles. The van der Waals surface area contributed by atoms with Crippen LogP contribution in [0.25, 0.3) is 0 Å². The number of benzene rings is 1. The van der Waals surface area contributed by atoms with Gasteiger partial charge in [0.25, 0.3) is 5.91 Å². The van der Waals surface area contributed by atoms with Crippen molar-refractivity contribution in [3.05, 3.63) is 41.5 Å². The van der Waals surface area contributed by atoms with Crippen molar-refractivity contribution in [3.63, 3.8) is 0 Å². The Morgan fingerprint density at radius 2 is 2.08 bits per heavy atom. The van der Waals surface area contributed by atoms with Crippen molar-refractivity contribution in [2.75, 3.05) is 32.8 Å². The zero-order valence-corrected chi connectivity index (χ0v) is 14.8. The van der Waals surface area contributed by atoms with Crippen molar-refractivity contribution in [1.29, 1.82) is 0 Å². The molecule has 0 unspecified atom stereocenters. The molecule has 0 saturated carbocycles. The maximum absolute atomic E-state index is 12.2. The Morgan fingerprint density at radius 1 is 1.24 bits per heavy atom. The van der Waals surface area contributed by atoms with Gasteiger partial charge in [0.15, 0.2) is 0 Å². The number of hydrogen-bond donors (Lipinski definition) is 3. The van der Waals surface area contributed by atoms with E-state index in [0.717, 1.165) is 19.5 Å². The van der Waals surface area contributed by atoms with E-state index in [1.807, 2.05) is 13.0 Å². The van der Waals surface area contributed by atoms with Gasteiger partial charge in [0.2, 0.25) is 5.91 Å². The fourth-order valence-corrected chi connectivity index (χ4v) is 2.61. The molecule has 2 rings (SSSR count). The lowest BCUT2D eigenvalue weighted by molar-refractivity contribution is -0.121. The first-order chi connectivity index (χ1) is 12.2. The smallest absolute Gasteiger partial charge is 0.255 e. The van der Waals surface area contributed by atoms with Crippen LogP contribution in [0.2, 0.25) is 0 Å². The molecule has 0 aromatic heterocycles. The summed E-state index contributed by atoms with van der Waals surface area (Å²) in [5.41, 5.74) is 1.79. The first-order valence-corrected chi connectivity index (χ1v) is 8.86. The summed E-state index contributed by atoms with van der Waals surface area (Å²) >= 11 is 0. The van der Waals surface area contributed by atoms with Crippen molar-refractivity contribution in [2.45, 2.75) is 26.2 Å². The first kappa shape index (κ1) is 19.0. The summed E-state index contributed by atoms with van der Waals surface area (Å²) in [6.45, 7) is 5.31. The van der Waals surface area contributed by atoms with Crippen LogP contribution >= 0.6 is 0 Å². The molecule has 1 aliphatic rings. The highest BCUT2D eigenvalue weighted by Gasteiger charge is 2.11. The molecule has 0 atom stereocenters. The van der Waals surface area contributed by atoms with E-state index in [0.29, 0.717) is 43.9 Å². The third-order valence-corrected chi connectivity index (χ3v) is 3.97. The van der Waals surface area contributed by atoms with Gasteiger partial charge in [-0.2, -0.15) is 0 Å². The van der Waals surface area contributed by atoms with Gasteiger partial charge in [0.1, 0.15) is 5.75 Å². The van der Waals surface area contributed by atoms with Gasteiger partial charge in [-0.15, -0.1) is 0 Å². The molecule has 2 amide bonds. The minimum atomic E-state index is -0.177. The molecular weight excluding hydrogens is 318 g/mol. The lowest BCUT2D eigenvalue weighted by Gasteiger charge is -2.14. The molecule has 0 spiro atoms. The molecule has 0 radical (unpaired) electrons. The van der Waals surface area contributed by atoms with E-state index in [9.17, 15) is 9.59 Å². The van der Waals surface area contributed by atoms with Crippen LogP contribution < -0.4 is 20.7 Å². The Hall–Kier alpha value is -2.34. The minimum absolute atomic E-state index is 0.0170. The normalized spacial score (nSPS) is 13.7. The van der Waals surface area contributed by atoms with Crippen molar-refractivity contribution in [2.24, 2.45) is 0 Å². The van der Waals surface area contributed by atoms with Gasteiger partial charge in [0.05, 0.1) is 12.2 Å². The molecule has 3 N–H and O–H groups in total. The lowest BCUT2D eigenvalue weighted by Crippen LogP contribution is -2.30. The van der Waals surface area contributed by atoms with Gasteiger partial charge >= 0.3 is 0 Å². The van der Waals surface area contributed by atoms with Crippen LogP contribution in [0.4, 0.5) is 0 Å². The largest absolute Gasteiger partial charge is 0.493 e. The van der Waals surface area contributed by atoms with Gasteiger partial charge in [0, 0.05) is 26.1 Å². The predicted molar refractivity (Wildman–Crippen MR) is 97.8 cm³/mol. The molecule has 0 bridgehead atoms. The Bertz CT molecular complexity index is 614. The number of amides is 2. The highest BCUT2D eigenvalue weighted by atomic mass is 16.5. The molecular formula is C19H27N3O3. The second-order valence-corrected chi connectivity index (χ2v) is 5.88. The highest BCUT2D eigenvalue weighted by molar-refractivity contribution is 5.96. The first-order valence-electron chi connectivity index (χ1n) is 8.86. The van der Waals surface area contributed by atoms with E-state index in [-0.39, 0.29) is 11.8 Å². The topological polar surface area (TPSA) is 79.5 Å². The molecule has 0 fully saturated rings. The van der Waals surface area contributed by atoms with E-state index >= 15 is 0 Å². The standard InChI is InChI=1S/C19H27N3O3/c1-2-25-17-7-4-3-6-16(17)19(24)21-11-5-8-18(23)22-14-15-9-12-20-13-10-15/h3-4,6-7,9,20H,2,5,8,10-14H2,1H3,(H,21,24)(H,22,23). The second-order valence-electron chi connectivity index (χ2n) is 5.88. The lowest BCUT2D eigenvalue weighted by atomic mass is 10.1. The van der Waals surface area contributed by atoms with Crippen LogP contribution in [-0.2, 0) is 4.79 Å². The monoisotopic (exact) mass is 345 g/mol. The van der Waals surface area contributed by atoms with Gasteiger partial charge in [-0.25, -0.2) is 0 Å². The average molecular weight is 345 g/mol. The summed E-state index contributed by atoms with van der Waals surface area (Å²) < 4.78 is 5.46. The fraction of sp³-hybridized carbons (Fsp3) is 0.474. The molecule has 136 valence electrons.